The number of hydrogen-bond donors (Lipinski definition) is 1. The third kappa shape index (κ3) is 4.10. The fourth-order valence-electron chi connectivity index (χ4n) is 2.24. The van der Waals surface area contributed by atoms with Crippen molar-refractivity contribution in [1.29, 1.82) is 0 Å². The zero-order valence-electron chi connectivity index (χ0n) is 12.9. The minimum atomic E-state index is -0.573. The predicted octanol–water partition coefficient (Wildman–Crippen LogP) is 3.34. The number of nitrogens with zero attached hydrogens (tertiary/aromatic N) is 2. The van der Waals surface area contributed by atoms with Crippen molar-refractivity contribution < 1.29 is 9.18 Å². The second kappa shape index (κ2) is 7.27. The molecule has 1 aromatic heterocycles. The lowest BCUT2D eigenvalue weighted by molar-refractivity contribution is -0.116. The maximum atomic E-state index is 13.1. The minimum absolute atomic E-state index is 0.0937. The first-order valence-electron chi connectivity index (χ1n) is 7.40. The Hall–Kier alpha value is -2.99. The van der Waals surface area contributed by atoms with E-state index in [1.807, 2.05) is 30.3 Å². The molecule has 3 rings (SSSR count). The van der Waals surface area contributed by atoms with E-state index < -0.39 is 11.7 Å². The second-order valence-corrected chi connectivity index (χ2v) is 5.69. The number of nitrogens with one attached hydrogen (secondary N) is 1. The molecule has 2 aromatic carbocycles. The van der Waals surface area contributed by atoms with Crippen molar-refractivity contribution in [1.82, 2.24) is 9.55 Å². The second-order valence-electron chi connectivity index (χ2n) is 5.28. The van der Waals surface area contributed by atoms with Crippen LogP contribution in [0.2, 0.25) is 5.02 Å². The first-order chi connectivity index (χ1) is 12.0. The number of amides is 1. The molecule has 0 saturated carbocycles. The van der Waals surface area contributed by atoms with E-state index in [0.29, 0.717) is 11.4 Å². The lowest BCUT2D eigenvalue weighted by Crippen LogP contribution is -2.27. The van der Waals surface area contributed by atoms with Crippen molar-refractivity contribution >= 4 is 23.2 Å². The highest BCUT2D eigenvalue weighted by molar-refractivity contribution is 6.31. The molecule has 7 heteroatoms. The van der Waals surface area contributed by atoms with Gasteiger partial charge < -0.3 is 5.32 Å². The summed E-state index contributed by atoms with van der Waals surface area (Å²) in [6.07, 6.45) is 1.32. The van der Waals surface area contributed by atoms with Crippen molar-refractivity contribution in [2.45, 2.75) is 6.54 Å². The van der Waals surface area contributed by atoms with Gasteiger partial charge in [-0.05, 0) is 18.2 Å². The fourth-order valence-corrected chi connectivity index (χ4v) is 2.42. The van der Waals surface area contributed by atoms with Gasteiger partial charge in [-0.2, -0.15) is 0 Å². The van der Waals surface area contributed by atoms with E-state index in [1.54, 1.807) is 0 Å². The largest absolute Gasteiger partial charge is 0.324 e. The van der Waals surface area contributed by atoms with E-state index in [4.69, 9.17) is 11.6 Å². The van der Waals surface area contributed by atoms with Gasteiger partial charge in [0, 0.05) is 17.3 Å². The molecule has 25 heavy (non-hydrogen) atoms. The monoisotopic (exact) mass is 357 g/mol. The van der Waals surface area contributed by atoms with Crippen LogP contribution in [0.5, 0.6) is 0 Å². The average Bonchev–Trinajstić information content (AvgIpc) is 2.61. The smallest absolute Gasteiger partial charge is 0.254 e. The molecule has 0 fully saturated rings. The number of aromatic nitrogens is 2. The number of anilines is 1. The number of carbonyl (C=O) groups excluding carboxylic acids is 1. The molecule has 126 valence electrons. The molecular formula is C18H13ClFN3O2. The Labute approximate surface area is 147 Å². The first-order valence-corrected chi connectivity index (χ1v) is 7.77. The van der Waals surface area contributed by atoms with Crippen molar-refractivity contribution in [3.63, 3.8) is 0 Å². The van der Waals surface area contributed by atoms with Crippen LogP contribution in [0, 0.1) is 5.82 Å². The fraction of sp³-hybridized carbons (Fsp3) is 0.0556. The molecule has 5 nitrogen and oxygen atoms in total. The summed E-state index contributed by atoms with van der Waals surface area (Å²) >= 11 is 5.67. The molecular weight excluding hydrogens is 345 g/mol. The zero-order chi connectivity index (χ0) is 17.8. The van der Waals surface area contributed by atoms with E-state index in [9.17, 15) is 14.0 Å². The van der Waals surface area contributed by atoms with Gasteiger partial charge in [0.15, 0.2) is 0 Å². The van der Waals surface area contributed by atoms with Gasteiger partial charge in [0.1, 0.15) is 12.4 Å². The predicted molar refractivity (Wildman–Crippen MR) is 94.0 cm³/mol. The molecule has 1 N–H and O–H groups in total. The molecule has 0 aliphatic carbocycles. The summed E-state index contributed by atoms with van der Waals surface area (Å²) in [5, 5.41) is 2.46. The number of hydrogen-bond acceptors (Lipinski definition) is 3. The molecule has 1 heterocycles. The van der Waals surface area contributed by atoms with E-state index in [1.165, 1.54) is 29.1 Å². The van der Waals surface area contributed by atoms with Crippen LogP contribution >= 0.6 is 11.6 Å². The molecule has 0 bridgehead atoms. The topological polar surface area (TPSA) is 64.0 Å². The van der Waals surface area contributed by atoms with Gasteiger partial charge in [0.05, 0.1) is 17.0 Å². The SMILES string of the molecule is O=C(Cn1cnc(-c2ccccc2)cc1=O)Nc1ccc(F)c(Cl)c1. The summed E-state index contributed by atoms with van der Waals surface area (Å²) in [5.41, 5.74) is 1.35. The summed E-state index contributed by atoms with van der Waals surface area (Å²) in [4.78, 5) is 28.4. The highest BCUT2D eigenvalue weighted by Crippen LogP contribution is 2.19. The molecule has 0 saturated heterocycles. The lowest BCUT2D eigenvalue weighted by atomic mass is 10.1. The Bertz CT molecular complexity index is 974. The van der Waals surface area contributed by atoms with E-state index in [2.05, 4.69) is 10.3 Å². The van der Waals surface area contributed by atoms with Gasteiger partial charge in [-0.25, -0.2) is 9.37 Å². The van der Waals surface area contributed by atoms with Gasteiger partial charge in [-0.3, -0.25) is 14.2 Å². The summed E-state index contributed by atoms with van der Waals surface area (Å²) in [6, 6.07) is 14.5. The van der Waals surface area contributed by atoms with Gasteiger partial charge in [-0.1, -0.05) is 41.9 Å². The number of carbonyl (C=O) groups is 1. The van der Waals surface area contributed by atoms with Crippen LogP contribution in [0.15, 0.2) is 65.7 Å². The Morgan fingerprint density at radius 1 is 1.16 bits per heavy atom. The average molecular weight is 358 g/mol. The van der Waals surface area contributed by atoms with Crippen molar-refractivity contribution in [2.75, 3.05) is 5.32 Å². The molecule has 0 spiro atoms. The maximum Gasteiger partial charge on any atom is 0.254 e. The van der Waals surface area contributed by atoms with Crippen LogP contribution < -0.4 is 10.9 Å². The molecule has 0 atom stereocenters. The number of halogens is 2. The van der Waals surface area contributed by atoms with E-state index in [0.717, 1.165) is 11.6 Å². The number of benzene rings is 2. The van der Waals surface area contributed by atoms with Crippen LogP contribution in [-0.2, 0) is 11.3 Å². The summed E-state index contributed by atoms with van der Waals surface area (Å²) in [6.45, 7) is -0.212. The van der Waals surface area contributed by atoms with Gasteiger partial charge in [-0.15, -0.1) is 0 Å². The van der Waals surface area contributed by atoms with E-state index >= 15 is 0 Å². The molecule has 0 unspecified atom stereocenters. The summed E-state index contributed by atoms with van der Waals surface area (Å²) in [7, 11) is 0. The van der Waals surface area contributed by atoms with Crippen molar-refractivity contribution in [3.8, 4) is 11.3 Å². The summed E-state index contributed by atoms with van der Waals surface area (Å²) < 4.78 is 14.3. The van der Waals surface area contributed by atoms with Crippen molar-refractivity contribution in [3.05, 3.63) is 82.1 Å². The standard InChI is InChI=1S/C18H13ClFN3O2/c19-14-8-13(6-7-15(14)20)22-17(24)10-23-11-21-16(9-18(23)25)12-4-2-1-3-5-12/h1-9,11H,10H2,(H,22,24). The summed E-state index contributed by atoms with van der Waals surface area (Å²) in [5.74, 6) is -1.02. The Morgan fingerprint density at radius 2 is 1.92 bits per heavy atom. The maximum absolute atomic E-state index is 13.1. The van der Waals surface area contributed by atoms with Crippen molar-refractivity contribution in [2.24, 2.45) is 0 Å². The van der Waals surface area contributed by atoms with Crippen LogP contribution in [0.3, 0.4) is 0 Å². The van der Waals surface area contributed by atoms with Gasteiger partial charge >= 0.3 is 0 Å². The third-order valence-corrected chi connectivity index (χ3v) is 3.76. The minimum Gasteiger partial charge on any atom is -0.324 e. The lowest BCUT2D eigenvalue weighted by Gasteiger charge is -2.08. The highest BCUT2D eigenvalue weighted by Gasteiger charge is 2.09. The number of rotatable bonds is 4. The Balaban J connectivity index is 1.73. The van der Waals surface area contributed by atoms with Crippen LogP contribution in [0.4, 0.5) is 10.1 Å². The molecule has 0 radical (unpaired) electrons. The molecule has 0 aliphatic heterocycles. The molecule has 1 amide bonds. The third-order valence-electron chi connectivity index (χ3n) is 3.47. The normalized spacial score (nSPS) is 10.5. The molecule has 3 aromatic rings. The van der Waals surface area contributed by atoms with Gasteiger partial charge in [0.25, 0.3) is 5.56 Å². The van der Waals surface area contributed by atoms with Crippen LogP contribution in [0.25, 0.3) is 11.3 Å². The zero-order valence-corrected chi connectivity index (χ0v) is 13.7. The van der Waals surface area contributed by atoms with Crippen LogP contribution in [0.1, 0.15) is 0 Å². The Kier molecular flexibility index (Phi) is 4.90. The Morgan fingerprint density at radius 3 is 2.60 bits per heavy atom. The van der Waals surface area contributed by atoms with E-state index in [-0.39, 0.29) is 17.1 Å². The van der Waals surface area contributed by atoms with Crippen LogP contribution in [-0.4, -0.2) is 15.5 Å². The quantitative estimate of drug-likeness (QED) is 0.778. The highest BCUT2D eigenvalue weighted by atomic mass is 35.5. The first kappa shape index (κ1) is 16.9. The molecule has 0 aliphatic rings. The van der Waals surface area contributed by atoms with Gasteiger partial charge in [0.2, 0.25) is 5.91 Å².